The number of ether oxygens (including phenoxy) is 2. The molecule has 1 aromatic rings. The van der Waals surface area contributed by atoms with Crippen molar-refractivity contribution in [1.82, 2.24) is 4.90 Å². The van der Waals surface area contributed by atoms with Crippen molar-refractivity contribution in [3.8, 4) is 5.75 Å². The fraction of sp³-hybridized carbons (Fsp3) is 0.562. The molecule has 0 aliphatic carbocycles. The Kier molecular flexibility index (Phi) is 9.84. The molecule has 5 heteroatoms. The summed E-state index contributed by atoms with van der Waals surface area (Å²) in [6.07, 6.45) is -0.122. The minimum absolute atomic E-state index is 0. The summed E-state index contributed by atoms with van der Waals surface area (Å²) in [5.41, 5.74) is 1.01. The number of hydrogen-bond donors (Lipinski definition) is 0. The Balaban J connectivity index is 0.00000400. The highest BCUT2D eigenvalue weighted by molar-refractivity contribution is 5.85. The number of aryl methyl sites for hydroxylation is 1. The van der Waals surface area contributed by atoms with E-state index in [1.807, 2.05) is 38.1 Å². The van der Waals surface area contributed by atoms with Gasteiger partial charge in [-0.15, -0.1) is 12.4 Å². The van der Waals surface area contributed by atoms with Gasteiger partial charge in [-0.1, -0.05) is 32.0 Å². The summed E-state index contributed by atoms with van der Waals surface area (Å²) >= 11 is 0. The van der Waals surface area contributed by atoms with E-state index in [1.54, 1.807) is 0 Å². The van der Waals surface area contributed by atoms with Crippen LogP contribution in [-0.4, -0.2) is 43.2 Å². The number of nitrogens with zero attached hydrogens (tertiary/aromatic N) is 1. The molecule has 0 saturated heterocycles. The van der Waals surface area contributed by atoms with Crippen molar-refractivity contribution in [2.75, 3.05) is 26.2 Å². The Morgan fingerprint density at radius 2 is 1.86 bits per heavy atom. The zero-order valence-electron chi connectivity index (χ0n) is 13.3. The zero-order valence-corrected chi connectivity index (χ0v) is 14.1. The lowest BCUT2D eigenvalue weighted by Crippen LogP contribution is -2.34. The highest BCUT2D eigenvalue weighted by Gasteiger charge is 2.13. The standard InChI is InChI=1S/C16H25NO3.ClH/c1-5-17(6-2)11-14(4)20-16(18)12-19-15-10-8-7-9-13(15)3;/h7-10,14H,5-6,11-12H2,1-4H3;1H. The first-order chi connectivity index (χ1) is 9.56. The molecule has 0 aromatic heterocycles. The van der Waals surface area contributed by atoms with Crippen LogP contribution in [0.3, 0.4) is 0 Å². The minimum atomic E-state index is -0.326. The van der Waals surface area contributed by atoms with Crippen molar-refractivity contribution in [3.05, 3.63) is 29.8 Å². The SMILES string of the molecule is CCN(CC)CC(C)OC(=O)COc1ccccc1C.Cl. The highest BCUT2D eigenvalue weighted by atomic mass is 35.5. The summed E-state index contributed by atoms with van der Waals surface area (Å²) in [7, 11) is 0. The molecule has 0 aliphatic rings. The van der Waals surface area contributed by atoms with Gasteiger partial charge in [-0.2, -0.15) is 0 Å². The van der Waals surface area contributed by atoms with Crippen molar-refractivity contribution in [3.63, 3.8) is 0 Å². The predicted octanol–water partition coefficient (Wildman–Crippen LogP) is 3.07. The molecule has 21 heavy (non-hydrogen) atoms. The summed E-state index contributed by atoms with van der Waals surface area (Å²) in [5.74, 6) is 0.397. The second-order valence-electron chi connectivity index (χ2n) is 4.84. The van der Waals surface area contributed by atoms with Gasteiger partial charge in [0.1, 0.15) is 11.9 Å². The number of rotatable bonds is 8. The van der Waals surface area contributed by atoms with Crippen LogP contribution in [0, 0.1) is 6.92 Å². The molecule has 0 aliphatic heterocycles. The van der Waals surface area contributed by atoms with Crippen LogP contribution in [-0.2, 0) is 9.53 Å². The Labute approximate surface area is 133 Å². The van der Waals surface area contributed by atoms with E-state index in [4.69, 9.17) is 9.47 Å². The molecule has 0 radical (unpaired) electrons. The summed E-state index contributed by atoms with van der Waals surface area (Å²) in [6, 6.07) is 7.62. The van der Waals surface area contributed by atoms with Gasteiger partial charge in [-0.25, -0.2) is 4.79 Å². The number of esters is 1. The number of halogens is 1. The molecule has 1 unspecified atom stereocenters. The maximum Gasteiger partial charge on any atom is 0.344 e. The third kappa shape index (κ3) is 7.34. The lowest BCUT2D eigenvalue weighted by Gasteiger charge is -2.22. The van der Waals surface area contributed by atoms with Crippen molar-refractivity contribution < 1.29 is 14.3 Å². The van der Waals surface area contributed by atoms with E-state index < -0.39 is 0 Å². The molecule has 0 spiro atoms. The lowest BCUT2D eigenvalue weighted by molar-refractivity contribution is -0.151. The van der Waals surface area contributed by atoms with Gasteiger partial charge in [0.15, 0.2) is 6.61 Å². The lowest BCUT2D eigenvalue weighted by atomic mass is 10.2. The number of carbonyl (C=O) groups excluding carboxylic acids is 1. The van der Waals surface area contributed by atoms with Gasteiger partial charge in [-0.3, -0.25) is 0 Å². The molecule has 4 nitrogen and oxygen atoms in total. The summed E-state index contributed by atoms with van der Waals surface area (Å²) in [5, 5.41) is 0. The van der Waals surface area contributed by atoms with Gasteiger partial charge in [-0.05, 0) is 38.6 Å². The molecule has 1 atom stereocenters. The second kappa shape index (κ2) is 10.5. The topological polar surface area (TPSA) is 38.8 Å². The number of carbonyl (C=O) groups is 1. The van der Waals surface area contributed by atoms with Gasteiger partial charge in [0, 0.05) is 6.54 Å². The van der Waals surface area contributed by atoms with Crippen LogP contribution >= 0.6 is 12.4 Å². The molecule has 0 N–H and O–H groups in total. The number of hydrogen-bond acceptors (Lipinski definition) is 4. The number of likely N-dealkylation sites (N-methyl/N-ethyl adjacent to an activating group) is 1. The average molecular weight is 316 g/mol. The first-order valence-corrected chi connectivity index (χ1v) is 7.17. The van der Waals surface area contributed by atoms with Gasteiger partial charge < -0.3 is 14.4 Å². The Morgan fingerprint density at radius 1 is 1.24 bits per heavy atom. The van der Waals surface area contributed by atoms with Crippen LogP contribution in [0.2, 0.25) is 0 Å². The Morgan fingerprint density at radius 3 is 2.43 bits per heavy atom. The highest BCUT2D eigenvalue weighted by Crippen LogP contribution is 2.15. The van der Waals surface area contributed by atoms with Crippen LogP contribution in [0.15, 0.2) is 24.3 Å². The third-order valence-corrected chi connectivity index (χ3v) is 3.18. The predicted molar refractivity (Wildman–Crippen MR) is 87.3 cm³/mol. The largest absolute Gasteiger partial charge is 0.482 e. The molecule has 0 amide bonds. The average Bonchev–Trinajstić information content (AvgIpc) is 2.43. The van der Waals surface area contributed by atoms with Gasteiger partial charge in [0.05, 0.1) is 0 Å². The first-order valence-electron chi connectivity index (χ1n) is 7.17. The molecule has 1 rings (SSSR count). The van der Waals surface area contributed by atoms with E-state index in [2.05, 4.69) is 18.7 Å². The Bertz CT molecular complexity index is 422. The zero-order chi connectivity index (χ0) is 15.0. The summed E-state index contributed by atoms with van der Waals surface area (Å²) in [6.45, 7) is 10.7. The van der Waals surface area contributed by atoms with Crippen LogP contribution in [0.5, 0.6) is 5.75 Å². The van der Waals surface area contributed by atoms with Crippen LogP contribution < -0.4 is 4.74 Å². The van der Waals surface area contributed by atoms with Crippen LogP contribution in [0.4, 0.5) is 0 Å². The van der Waals surface area contributed by atoms with Crippen molar-refractivity contribution in [2.24, 2.45) is 0 Å². The molecular formula is C16H26ClNO3. The molecule has 1 aromatic carbocycles. The molecule has 0 saturated carbocycles. The molecular weight excluding hydrogens is 290 g/mol. The number of benzene rings is 1. The monoisotopic (exact) mass is 315 g/mol. The van der Waals surface area contributed by atoms with Crippen LogP contribution in [0.1, 0.15) is 26.3 Å². The van der Waals surface area contributed by atoms with Gasteiger partial charge in [0.2, 0.25) is 0 Å². The smallest absolute Gasteiger partial charge is 0.344 e. The maximum absolute atomic E-state index is 11.7. The minimum Gasteiger partial charge on any atom is -0.482 e. The van der Waals surface area contributed by atoms with Gasteiger partial charge >= 0.3 is 5.97 Å². The van der Waals surface area contributed by atoms with E-state index >= 15 is 0 Å². The first kappa shape index (κ1) is 19.7. The van der Waals surface area contributed by atoms with E-state index in [9.17, 15) is 4.79 Å². The van der Waals surface area contributed by atoms with Crippen molar-refractivity contribution >= 4 is 18.4 Å². The third-order valence-electron chi connectivity index (χ3n) is 3.18. The quantitative estimate of drug-likeness (QED) is 0.691. The van der Waals surface area contributed by atoms with Crippen molar-refractivity contribution in [1.29, 1.82) is 0 Å². The maximum atomic E-state index is 11.7. The molecule has 0 heterocycles. The normalized spacial score (nSPS) is 11.7. The summed E-state index contributed by atoms with van der Waals surface area (Å²) < 4.78 is 10.8. The van der Waals surface area contributed by atoms with E-state index in [0.717, 1.165) is 30.9 Å². The van der Waals surface area contributed by atoms with Crippen molar-refractivity contribution in [2.45, 2.75) is 33.8 Å². The van der Waals surface area contributed by atoms with E-state index in [-0.39, 0.29) is 31.1 Å². The fourth-order valence-corrected chi connectivity index (χ4v) is 2.00. The molecule has 0 bridgehead atoms. The number of para-hydroxylation sites is 1. The molecule has 120 valence electrons. The van der Waals surface area contributed by atoms with E-state index in [1.165, 1.54) is 0 Å². The second-order valence-corrected chi connectivity index (χ2v) is 4.84. The van der Waals surface area contributed by atoms with Gasteiger partial charge in [0.25, 0.3) is 0 Å². The van der Waals surface area contributed by atoms with Crippen LogP contribution in [0.25, 0.3) is 0 Å². The fourth-order valence-electron chi connectivity index (χ4n) is 2.00. The summed E-state index contributed by atoms with van der Waals surface area (Å²) in [4.78, 5) is 14.0. The molecule has 0 fully saturated rings. The Hall–Kier alpha value is -1.26. The van der Waals surface area contributed by atoms with E-state index in [0.29, 0.717) is 0 Å².